The van der Waals surface area contributed by atoms with E-state index in [0.717, 1.165) is 12.1 Å². The highest BCUT2D eigenvalue weighted by Gasteiger charge is 2.38. The van der Waals surface area contributed by atoms with E-state index in [9.17, 15) is 19.1 Å². The van der Waals surface area contributed by atoms with E-state index in [4.69, 9.17) is 37.9 Å². The lowest BCUT2D eigenvalue weighted by Gasteiger charge is -2.34. The number of carbonyl (C=O) groups is 2. The summed E-state index contributed by atoms with van der Waals surface area (Å²) in [6, 6.07) is 14.2. The number of nitrogens with one attached hydrogen (secondary N) is 1. The third kappa shape index (κ3) is 6.66. The molecular formula is C35H34FNO11. The highest BCUT2D eigenvalue weighted by atomic mass is 19.1. The van der Waals surface area contributed by atoms with E-state index < -0.39 is 29.9 Å². The van der Waals surface area contributed by atoms with Crippen LogP contribution in [0, 0.1) is 5.82 Å². The van der Waals surface area contributed by atoms with Crippen molar-refractivity contribution >= 4 is 17.6 Å². The first-order valence-electron chi connectivity index (χ1n) is 14.5. The molecule has 13 heteroatoms. The number of anilines is 1. The van der Waals surface area contributed by atoms with Crippen LogP contribution >= 0.6 is 0 Å². The fourth-order valence-corrected chi connectivity index (χ4v) is 5.35. The molecule has 4 aromatic carbocycles. The SMILES string of the molecule is COc1cc(OC)c2c(c1)O[C@H](c1cc(OC)c(OC)c(OC)c1)[C@H](OC(=O)c1ccc(F)c(NC(=O)c3ccc(OC)c(O)c3)c1)C2. The summed E-state index contributed by atoms with van der Waals surface area (Å²) in [6.45, 7) is 0. The van der Waals surface area contributed by atoms with Crippen molar-refractivity contribution in [3.63, 3.8) is 0 Å². The first kappa shape index (κ1) is 33.5. The lowest BCUT2D eigenvalue weighted by atomic mass is 9.93. The normalized spacial score (nSPS) is 14.9. The molecule has 0 saturated heterocycles. The minimum Gasteiger partial charge on any atom is -0.504 e. The van der Waals surface area contributed by atoms with Gasteiger partial charge in [-0.25, -0.2) is 9.18 Å². The summed E-state index contributed by atoms with van der Waals surface area (Å²) in [6.07, 6.45) is -1.64. The van der Waals surface area contributed by atoms with E-state index >= 15 is 0 Å². The van der Waals surface area contributed by atoms with E-state index in [1.165, 1.54) is 66.9 Å². The van der Waals surface area contributed by atoms with Gasteiger partial charge in [0.1, 0.15) is 29.2 Å². The van der Waals surface area contributed by atoms with Gasteiger partial charge in [0.15, 0.2) is 29.1 Å². The van der Waals surface area contributed by atoms with Gasteiger partial charge in [-0.05, 0) is 48.5 Å². The van der Waals surface area contributed by atoms with E-state index in [-0.39, 0.29) is 34.7 Å². The molecule has 48 heavy (non-hydrogen) atoms. The first-order chi connectivity index (χ1) is 23.1. The quantitative estimate of drug-likeness (QED) is 0.190. The van der Waals surface area contributed by atoms with Crippen LogP contribution in [0.1, 0.15) is 37.9 Å². The van der Waals surface area contributed by atoms with Crippen LogP contribution in [0.2, 0.25) is 0 Å². The lowest BCUT2D eigenvalue weighted by molar-refractivity contribution is -0.0188. The molecule has 1 amide bonds. The summed E-state index contributed by atoms with van der Waals surface area (Å²) in [7, 11) is 8.83. The lowest BCUT2D eigenvalue weighted by Crippen LogP contribution is -2.35. The number of phenolic OH excluding ortho intramolecular Hbond substituents is 1. The summed E-state index contributed by atoms with van der Waals surface area (Å²) in [5, 5.41) is 12.5. The number of amides is 1. The monoisotopic (exact) mass is 663 g/mol. The van der Waals surface area contributed by atoms with Gasteiger partial charge in [0.25, 0.3) is 5.91 Å². The fourth-order valence-electron chi connectivity index (χ4n) is 5.35. The molecule has 0 spiro atoms. The summed E-state index contributed by atoms with van der Waals surface area (Å²) < 4.78 is 59.9. The van der Waals surface area contributed by atoms with Gasteiger partial charge in [-0.1, -0.05) is 0 Å². The second kappa shape index (κ2) is 14.3. The van der Waals surface area contributed by atoms with Gasteiger partial charge in [-0.15, -0.1) is 0 Å². The number of ether oxygens (including phenoxy) is 8. The van der Waals surface area contributed by atoms with E-state index in [0.29, 0.717) is 45.6 Å². The minimum absolute atomic E-state index is 0.0393. The number of carbonyl (C=O) groups excluding carboxylic acids is 2. The van der Waals surface area contributed by atoms with Crippen LogP contribution in [-0.4, -0.2) is 65.7 Å². The fraction of sp³-hybridized carbons (Fsp3) is 0.257. The molecule has 1 aliphatic heterocycles. The molecule has 1 heterocycles. The predicted molar refractivity (Wildman–Crippen MR) is 171 cm³/mol. The molecule has 2 atom stereocenters. The van der Waals surface area contributed by atoms with Crippen molar-refractivity contribution in [2.45, 2.75) is 18.6 Å². The van der Waals surface area contributed by atoms with Crippen LogP contribution in [0.15, 0.2) is 60.7 Å². The Bertz CT molecular complexity index is 1820. The summed E-state index contributed by atoms with van der Waals surface area (Å²) >= 11 is 0. The Morgan fingerprint density at radius 2 is 1.44 bits per heavy atom. The maximum atomic E-state index is 14.9. The number of methoxy groups -OCH3 is 6. The molecule has 0 fully saturated rings. The van der Waals surface area contributed by atoms with E-state index in [2.05, 4.69) is 5.32 Å². The minimum atomic E-state index is -0.930. The molecule has 1 aliphatic rings. The van der Waals surface area contributed by atoms with Crippen molar-refractivity contribution < 1.29 is 57.0 Å². The van der Waals surface area contributed by atoms with Crippen LogP contribution in [-0.2, 0) is 11.2 Å². The molecule has 252 valence electrons. The number of benzene rings is 4. The summed E-state index contributed by atoms with van der Waals surface area (Å²) in [5.41, 5.74) is 0.905. The van der Waals surface area contributed by atoms with Crippen LogP contribution < -0.4 is 38.5 Å². The Hall–Kier alpha value is -5.85. The maximum Gasteiger partial charge on any atom is 0.338 e. The highest BCUT2D eigenvalue weighted by molar-refractivity contribution is 6.05. The van der Waals surface area contributed by atoms with Crippen molar-refractivity contribution in [2.24, 2.45) is 0 Å². The van der Waals surface area contributed by atoms with Gasteiger partial charge in [0.2, 0.25) is 5.75 Å². The molecule has 0 radical (unpaired) electrons. The Balaban J connectivity index is 1.48. The van der Waals surface area contributed by atoms with Crippen molar-refractivity contribution in [3.8, 4) is 46.0 Å². The number of phenols is 1. The molecule has 0 aliphatic carbocycles. The smallest absolute Gasteiger partial charge is 0.338 e. The molecule has 4 aromatic rings. The standard InChI is InChI=1S/C35H34FNO11/c1-41-21-15-27(43-3)22-17-31(32(47-28(22)16-21)20-13-29(44-4)33(46-6)30(14-20)45-5)48-35(40)19-7-9-23(36)24(11-19)37-34(39)18-8-10-26(42-2)25(38)12-18/h7-16,31-32,38H,17H2,1-6H3,(H,37,39)/t31-,32-/m1/s1. The van der Waals surface area contributed by atoms with Gasteiger partial charge in [0.05, 0.1) is 53.9 Å². The molecule has 2 N–H and O–H groups in total. The maximum absolute atomic E-state index is 14.9. The predicted octanol–water partition coefficient (Wildman–Crippen LogP) is 5.74. The van der Waals surface area contributed by atoms with Crippen molar-refractivity contribution in [3.05, 3.63) is 88.7 Å². The van der Waals surface area contributed by atoms with Crippen LogP contribution in [0.4, 0.5) is 10.1 Å². The number of fused-ring (bicyclic) bond motifs is 1. The average molecular weight is 664 g/mol. The Labute approximate surface area is 275 Å². The first-order valence-corrected chi connectivity index (χ1v) is 14.5. The number of hydrogen-bond donors (Lipinski definition) is 2. The zero-order valence-electron chi connectivity index (χ0n) is 27.0. The molecule has 0 unspecified atom stereocenters. The summed E-state index contributed by atoms with van der Waals surface area (Å²) in [5.74, 6) is 0.0686. The van der Waals surface area contributed by atoms with Gasteiger partial charge in [0, 0.05) is 35.2 Å². The topological polar surface area (TPSA) is 140 Å². The molecule has 0 saturated carbocycles. The number of halogens is 1. The Kier molecular flexibility index (Phi) is 9.97. The molecule has 0 aromatic heterocycles. The van der Waals surface area contributed by atoms with Gasteiger partial charge >= 0.3 is 5.97 Å². The Morgan fingerprint density at radius 3 is 2.04 bits per heavy atom. The second-order valence-corrected chi connectivity index (χ2v) is 10.5. The zero-order valence-corrected chi connectivity index (χ0v) is 27.0. The third-order valence-corrected chi connectivity index (χ3v) is 7.76. The third-order valence-electron chi connectivity index (χ3n) is 7.76. The molecule has 5 rings (SSSR count). The molecular weight excluding hydrogens is 629 g/mol. The van der Waals surface area contributed by atoms with Crippen LogP contribution in [0.5, 0.6) is 46.0 Å². The number of esters is 1. The number of aromatic hydroxyl groups is 1. The van der Waals surface area contributed by atoms with E-state index in [1.54, 1.807) is 24.3 Å². The Morgan fingerprint density at radius 1 is 0.771 bits per heavy atom. The van der Waals surface area contributed by atoms with Gasteiger partial charge in [-0.3, -0.25) is 4.79 Å². The molecule has 0 bridgehead atoms. The number of rotatable bonds is 11. The zero-order chi connectivity index (χ0) is 34.5. The van der Waals surface area contributed by atoms with Gasteiger partial charge in [-0.2, -0.15) is 0 Å². The second-order valence-electron chi connectivity index (χ2n) is 10.5. The van der Waals surface area contributed by atoms with Crippen LogP contribution in [0.25, 0.3) is 0 Å². The average Bonchev–Trinajstić information content (AvgIpc) is 3.10. The van der Waals surface area contributed by atoms with Crippen molar-refractivity contribution in [2.75, 3.05) is 48.0 Å². The van der Waals surface area contributed by atoms with Crippen LogP contribution in [0.3, 0.4) is 0 Å². The van der Waals surface area contributed by atoms with E-state index in [1.807, 2.05) is 0 Å². The number of hydrogen-bond acceptors (Lipinski definition) is 11. The van der Waals surface area contributed by atoms with Crippen molar-refractivity contribution in [1.29, 1.82) is 0 Å². The van der Waals surface area contributed by atoms with Crippen molar-refractivity contribution in [1.82, 2.24) is 0 Å². The summed E-state index contributed by atoms with van der Waals surface area (Å²) in [4.78, 5) is 26.5. The highest BCUT2D eigenvalue weighted by Crippen LogP contribution is 2.47. The molecule has 12 nitrogen and oxygen atoms in total. The largest absolute Gasteiger partial charge is 0.504 e. The van der Waals surface area contributed by atoms with Gasteiger partial charge < -0.3 is 48.3 Å².